The van der Waals surface area contributed by atoms with E-state index >= 15 is 0 Å². The normalized spacial score (nSPS) is 24.3. The predicted octanol–water partition coefficient (Wildman–Crippen LogP) is 3.96. The summed E-state index contributed by atoms with van der Waals surface area (Å²) in [7, 11) is 3.48. The fraction of sp³-hybridized carbons (Fsp3) is 0.395. The number of carbonyl (C=O) groups is 4. The third-order valence-corrected chi connectivity index (χ3v) is 11.0. The number of fused-ring (bicyclic) bond motifs is 10. The van der Waals surface area contributed by atoms with Crippen LogP contribution in [0.25, 0.3) is 0 Å². The minimum atomic E-state index is -0.777. The van der Waals surface area contributed by atoms with Gasteiger partial charge in [-0.3, -0.25) is 33.9 Å². The number of imide groups is 1. The van der Waals surface area contributed by atoms with Gasteiger partial charge < -0.3 is 23.7 Å². The summed E-state index contributed by atoms with van der Waals surface area (Å²) in [5.41, 5.74) is 4.91. The summed E-state index contributed by atoms with van der Waals surface area (Å²) >= 11 is 0. The maximum absolute atomic E-state index is 13.9. The Kier molecular flexibility index (Phi) is 7.59. The first-order valence-corrected chi connectivity index (χ1v) is 16.8. The molecule has 8 rings (SSSR count). The molecule has 4 unspecified atom stereocenters. The van der Waals surface area contributed by atoms with E-state index in [9.17, 15) is 24.4 Å². The highest BCUT2D eigenvalue weighted by molar-refractivity contribution is 6.21. The van der Waals surface area contributed by atoms with E-state index in [1.165, 1.54) is 25.9 Å². The number of benzene rings is 3. The SMILES string of the molecule is COc1c(C)cc2c(c1OC(C)=O)C1C3Cc4c(OC(C)=O)c(C)c5c(c4[C@H](CN4C(=O)c6ccccc6C4=O)N3C(C#N)C(C2)N1C)OCO5. The van der Waals surface area contributed by atoms with E-state index in [-0.39, 0.29) is 25.8 Å². The van der Waals surface area contributed by atoms with E-state index in [0.29, 0.717) is 63.0 Å². The highest BCUT2D eigenvalue weighted by Gasteiger charge is 2.58. The van der Waals surface area contributed by atoms with Crippen LogP contribution in [0.15, 0.2) is 30.3 Å². The molecule has 0 radical (unpaired) electrons. The molecule has 1 fully saturated rings. The van der Waals surface area contributed by atoms with Gasteiger partial charge in [-0.1, -0.05) is 18.2 Å². The number of esters is 2. The first-order chi connectivity index (χ1) is 24.5. The Hall–Kier alpha value is -5.45. The largest absolute Gasteiger partial charge is 0.493 e. The lowest BCUT2D eigenvalue weighted by atomic mass is 9.71. The van der Waals surface area contributed by atoms with Gasteiger partial charge in [0.05, 0.1) is 36.4 Å². The van der Waals surface area contributed by atoms with Crippen LogP contribution in [-0.4, -0.2) is 84.1 Å². The van der Waals surface area contributed by atoms with E-state index in [1.807, 2.05) is 20.0 Å². The molecule has 51 heavy (non-hydrogen) atoms. The molecule has 0 saturated carbocycles. The van der Waals surface area contributed by atoms with Crippen molar-refractivity contribution in [3.8, 4) is 34.8 Å². The molecular weight excluding hydrogens is 656 g/mol. The quantitative estimate of drug-likeness (QED) is 0.217. The van der Waals surface area contributed by atoms with E-state index in [2.05, 4.69) is 15.9 Å². The van der Waals surface area contributed by atoms with Crippen molar-refractivity contribution < 1.29 is 42.9 Å². The van der Waals surface area contributed by atoms with E-state index < -0.39 is 47.9 Å². The molecule has 13 heteroatoms. The lowest BCUT2D eigenvalue weighted by Crippen LogP contribution is -2.69. The number of ether oxygens (including phenoxy) is 5. The Morgan fingerprint density at radius 2 is 1.57 bits per heavy atom. The van der Waals surface area contributed by atoms with Crippen molar-refractivity contribution in [2.75, 3.05) is 27.5 Å². The van der Waals surface area contributed by atoms with Crippen molar-refractivity contribution in [2.24, 2.45) is 0 Å². The zero-order valence-electron chi connectivity index (χ0n) is 29.1. The van der Waals surface area contributed by atoms with Gasteiger partial charge in [0, 0.05) is 54.7 Å². The first kappa shape index (κ1) is 32.7. The minimum Gasteiger partial charge on any atom is -0.493 e. The third-order valence-electron chi connectivity index (χ3n) is 11.0. The summed E-state index contributed by atoms with van der Waals surface area (Å²) in [6, 6.07) is 8.53. The summed E-state index contributed by atoms with van der Waals surface area (Å²) in [5.74, 6) is -0.0275. The Morgan fingerprint density at radius 3 is 2.20 bits per heavy atom. The lowest BCUT2D eigenvalue weighted by Gasteiger charge is -2.60. The van der Waals surface area contributed by atoms with Crippen LogP contribution >= 0.6 is 0 Å². The number of hydrogen-bond donors (Lipinski definition) is 0. The van der Waals surface area contributed by atoms with Gasteiger partial charge in [0.2, 0.25) is 6.79 Å². The molecule has 5 atom stereocenters. The fourth-order valence-electron chi connectivity index (χ4n) is 9.09. The van der Waals surface area contributed by atoms with Gasteiger partial charge in [-0.05, 0) is 57.0 Å². The Labute approximate surface area is 294 Å². The zero-order chi connectivity index (χ0) is 36.0. The topological polar surface area (TPSA) is 148 Å². The molecule has 0 aromatic heterocycles. The molecule has 3 aromatic rings. The van der Waals surface area contributed by atoms with Crippen molar-refractivity contribution in [3.05, 3.63) is 74.8 Å². The van der Waals surface area contributed by atoms with E-state index in [4.69, 9.17) is 23.7 Å². The highest BCUT2D eigenvalue weighted by Crippen LogP contribution is 2.59. The second kappa shape index (κ2) is 11.8. The maximum atomic E-state index is 13.9. The second-order valence-corrected chi connectivity index (χ2v) is 13.7. The number of aryl methyl sites for hydroxylation is 1. The van der Waals surface area contributed by atoms with E-state index in [1.54, 1.807) is 31.2 Å². The number of amides is 2. The van der Waals surface area contributed by atoms with Crippen LogP contribution in [0.1, 0.15) is 80.0 Å². The molecule has 5 aliphatic heterocycles. The van der Waals surface area contributed by atoms with Gasteiger partial charge in [-0.2, -0.15) is 5.26 Å². The van der Waals surface area contributed by atoms with Crippen molar-refractivity contribution in [3.63, 3.8) is 0 Å². The van der Waals surface area contributed by atoms with Gasteiger partial charge in [0.25, 0.3) is 11.8 Å². The Balaban J connectivity index is 1.39. The van der Waals surface area contributed by atoms with Gasteiger partial charge in [0.1, 0.15) is 11.8 Å². The number of rotatable bonds is 5. The summed E-state index contributed by atoms with van der Waals surface area (Å²) in [5, 5.41) is 11.0. The fourth-order valence-corrected chi connectivity index (χ4v) is 9.09. The van der Waals surface area contributed by atoms with Crippen molar-refractivity contribution in [2.45, 2.75) is 70.7 Å². The van der Waals surface area contributed by atoms with Gasteiger partial charge in [-0.15, -0.1) is 0 Å². The molecule has 262 valence electrons. The first-order valence-electron chi connectivity index (χ1n) is 16.8. The standard InChI is InChI=1S/C38H36N4O9/c1-17-11-21-12-25-27(14-39)42-26(31(40(25)5)29(21)36(32(17)47-6)51-20(4)44)13-24-30(35-34(48-16-49-35)18(2)33(24)50-19(3)43)28(42)15-41-37(45)22-9-7-8-10-23(22)38(41)46/h7-11,25-28,31H,12-13,15-16H2,1-6H3/t25?,26?,27?,28-,31?/m0/s1. The molecule has 1 saturated heterocycles. The molecule has 5 aliphatic rings. The molecule has 13 nitrogen and oxygen atoms in total. The number of likely N-dealkylation sites (N-methyl/N-ethyl adjacent to an activating group) is 1. The van der Waals surface area contributed by atoms with Gasteiger partial charge in [-0.25, -0.2) is 0 Å². The second-order valence-electron chi connectivity index (χ2n) is 13.7. The van der Waals surface area contributed by atoms with Crippen LogP contribution < -0.4 is 23.7 Å². The highest BCUT2D eigenvalue weighted by atomic mass is 16.7. The molecule has 2 bridgehead atoms. The van der Waals surface area contributed by atoms with Crippen molar-refractivity contribution >= 4 is 23.8 Å². The molecule has 0 spiro atoms. The minimum absolute atomic E-state index is 0.0801. The van der Waals surface area contributed by atoms with Crippen molar-refractivity contribution in [1.82, 2.24) is 14.7 Å². The van der Waals surface area contributed by atoms with Crippen LogP contribution in [0, 0.1) is 25.2 Å². The van der Waals surface area contributed by atoms with Crippen LogP contribution in [0.4, 0.5) is 0 Å². The van der Waals surface area contributed by atoms with Crippen molar-refractivity contribution in [1.29, 1.82) is 5.26 Å². The molecule has 0 aliphatic carbocycles. The number of nitriles is 1. The van der Waals surface area contributed by atoms with Crippen LogP contribution in [0.5, 0.6) is 28.7 Å². The average Bonchev–Trinajstić information content (AvgIpc) is 3.67. The summed E-state index contributed by atoms with van der Waals surface area (Å²) in [6.45, 7) is 6.15. The summed E-state index contributed by atoms with van der Waals surface area (Å²) < 4.78 is 29.7. The Bertz CT molecular complexity index is 2090. The lowest BCUT2D eigenvalue weighted by molar-refractivity contribution is -0.133. The molecule has 2 amide bonds. The monoisotopic (exact) mass is 692 g/mol. The smallest absolute Gasteiger partial charge is 0.308 e. The van der Waals surface area contributed by atoms with Gasteiger partial charge in [0.15, 0.2) is 23.0 Å². The van der Waals surface area contributed by atoms with E-state index in [0.717, 1.165) is 16.7 Å². The van der Waals surface area contributed by atoms with Crippen LogP contribution in [0.2, 0.25) is 0 Å². The summed E-state index contributed by atoms with van der Waals surface area (Å²) in [4.78, 5) is 58.5. The van der Waals surface area contributed by atoms with Gasteiger partial charge >= 0.3 is 11.9 Å². The molecule has 0 N–H and O–H groups in total. The zero-order valence-corrected chi connectivity index (χ0v) is 29.1. The predicted molar refractivity (Wildman–Crippen MR) is 179 cm³/mol. The average molecular weight is 693 g/mol. The van der Waals surface area contributed by atoms with Crippen LogP contribution in [0.3, 0.4) is 0 Å². The maximum Gasteiger partial charge on any atom is 0.308 e. The molecular formula is C38H36N4O9. The third kappa shape index (κ3) is 4.66. The Morgan fingerprint density at radius 1 is 0.922 bits per heavy atom. The molecule has 5 heterocycles. The van der Waals surface area contributed by atoms with Crippen LogP contribution in [-0.2, 0) is 22.4 Å². The summed E-state index contributed by atoms with van der Waals surface area (Å²) in [6.07, 6.45) is 0.739. The number of nitrogens with zero attached hydrogens (tertiary/aromatic N) is 4. The number of piperazine rings is 1. The number of methoxy groups -OCH3 is 1. The molecule has 3 aromatic carbocycles. The number of hydrogen-bond acceptors (Lipinski definition) is 12. The number of carbonyl (C=O) groups excluding carboxylic acids is 4.